The van der Waals surface area contributed by atoms with Crippen molar-refractivity contribution in [1.29, 1.82) is 0 Å². The molecular formula is C14H25F3N2O. The van der Waals surface area contributed by atoms with Gasteiger partial charge >= 0.3 is 6.18 Å². The number of nitrogens with two attached hydrogens (primary N) is 1. The molecular weight excluding hydrogens is 269 g/mol. The van der Waals surface area contributed by atoms with E-state index in [1.807, 2.05) is 13.8 Å². The van der Waals surface area contributed by atoms with Crippen LogP contribution in [0.1, 0.15) is 52.4 Å². The number of hydrogen-bond donors (Lipinski definition) is 2. The molecule has 1 aliphatic rings. The number of alkyl halides is 3. The van der Waals surface area contributed by atoms with Crippen molar-refractivity contribution in [3.8, 4) is 0 Å². The molecule has 0 aromatic rings. The molecule has 20 heavy (non-hydrogen) atoms. The van der Waals surface area contributed by atoms with E-state index in [4.69, 9.17) is 5.73 Å². The van der Waals surface area contributed by atoms with E-state index in [1.165, 1.54) is 0 Å². The molecule has 118 valence electrons. The molecule has 0 aromatic carbocycles. The van der Waals surface area contributed by atoms with E-state index in [0.29, 0.717) is 19.4 Å². The maximum Gasteiger partial charge on any atom is 0.391 e. The fourth-order valence-electron chi connectivity index (χ4n) is 2.81. The van der Waals surface area contributed by atoms with Crippen LogP contribution in [-0.2, 0) is 4.79 Å². The Balaban J connectivity index is 2.55. The lowest BCUT2D eigenvalue weighted by atomic mass is 9.80. The Hall–Kier alpha value is -0.780. The molecule has 0 aromatic heterocycles. The number of carbonyl (C=O) groups excluding carboxylic acids is 1. The molecule has 1 amide bonds. The van der Waals surface area contributed by atoms with Gasteiger partial charge in [0.25, 0.3) is 0 Å². The van der Waals surface area contributed by atoms with Crippen molar-refractivity contribution in [1.82, 2.24) is 5.32 Å². The molecule has 1 saturated carbocycles. The Kier molecular flexibility index (Phi) is 5.86. The maximum absolute atomic E-state index is 12.6. The summed E-state index contributed by atoms with van der Waals surface area (Å²) in [5.41, 5.74) is 5.30. The summed E-state index contributed by atoms with van der Waals surface area (Å²) < 4.78 is 37.8. The zero-order chi connectivity index (χ0) is 15.4. The zero-order valence-electron chi connectivity index (χ0n) is 12.2. The number of halogens is 3. The topological polar surface area (TPSA) is 55.1 Å². The highest BCUT2D eigenvalue weighted by molar-refractivity contribution is 5.79. The lowest BCUT2D eigenvalue weighted by Gasteiger charge is -2.35. The van der Waals surface area contributed by atoms with E-state index < -0.39 is 17.6 Å². The smallest absolute Gasteiger partial charge is 0.349 e. The van der Waals surface area contributed by atoms with Crippen LogP contribution in [0.4, 0.5) is 13.2 Å². The first-order chi connectivity index (χ1) is 9.28. The van der Waals surface area contributed by atoms with Crippen LogP contribution in [0, 0.1) is 11.8 Å². The lowest BCUT2D eigenvalue weighted by molar-refractivity contribution is -0.184. The van der Waals surface area contributed by atoms with Gasteiger partial charge in [-0.2, -0.15) is 13.2 Å². The van der Waals surface area contributed by atoms with Gasteiger partial charge in [0, 0.05) is 12.5 Å². The van der Waals surface area contributed by atoms with E-state index in [2.05, 4.69) is 5.32 Å². The molecule has 0 aliphatic heterocycles. The summed E-state index contributed by atoms with van der Waals surface area (Å²) in [5, 5.41) is 2.96. The van der Waals surface area contributed by atoms with E-state index in [9.17, 15) is 18.0 Å². The van der Waals surface area contributed by atoms with E-state index in [-0.39, 0.29) is 24.7 Å². The molecule has 1 aliphatic carbocycles. The zero-order valence-corrected chi connectivity index (χ0v) is 12.2. The highest BCUT2D eigenvalue weighted by Gasteiger charge is 2.43. The van der Waals surface area contributed by atoms with Crippen LogP contribution in [0.25, 0.3) is 0 Å². The first-order valence-corrected chi connectivity index (χ1v) is 7.36. The van der Waals surface area contributed by atoms with E-state index in [1.54, 1.807) is 0 Å². The van der Waals surface area contributed by atoms with Gasteiger partial charge in [0.05, 0.1) is 11.5 Å². The third-order valence-electron chi connectivity index (χ3n) is 4.69. The molecule has 0 bridgehead atoms. The van der Waals surface area contributed by atoms with Crippen LogP contribution in [0.5, 0.6) is 0 Å². The molecule has 3 nitrogen and oxygen atoms in total. The van der Waals surface area contributed by atoms with Crippen LogP contribution in [-0.4, -0.2) is 24.2 Å². The number of rotatable bonds is 5. The summed E-state index contributed by atoms with van der Waals surface area (Å²) in [7, 11) is 0. The van der Waals surface area contributed by atoms with Crippen LogP contribution >= 0.6 is 0 Å². The predicted molar refractivity (Wildman–Crippen MR) is 72.0 cm³/mol. The summed E-state index contributed by atoms with van der Waals surface area (Å²) in [6.45, 7) is 4.26. The Morgan fingerprint density at radius 3 is 2.00 bits per heavy atom. The molecule has 6 heteroatoms. The molecule has 3 N–H and O–H groups in total. The Morgan fingerprint density at radius 2 is 1.65 bits per heavy atom. The predicted octanol–water partition coefficient (Wildman–Crippen LogP) is 2.99. The van der Waals surface area contributed by atoms with Gasteiger partial charge in [-0.1, -0.05) is 13.8 Å². The minimum atomic E-state index is -4.13. The Labute approximate surface area is 118 Å². The van der Waals surface area contributed by atoms with Gasteiger partial charge in [-0.05, 0) is 38.5 Å². The van der Waals surface area contributed by atoms with Crippen LogP contribution in [0.2, 0.25) is 0 Å². The summed E-state index contributed by atoms with van der Waals surface area (Å²) >= 11 is 0. The fraction of sp³-hybridized carbons (Fsp3) is 0.929. The second-order valence-corrected chi connectivity index (χ2v) is 5.77. The van der Waals surface area contributed by atoms with Gasteiger partial charge in [0.15, 0.2) is 0 Å². The third kappa shape index (κ3) is 4.11. The van der Waals surface area contributed by atoms with Crippen molar-refractivity contribution in [3.05, 3.63) is 0 Å². The second kappa shape index (κ2) is 6.78. The Morgan fingerprint density at radius 1 is 1.15 bits per heavy atom. The molecule has 1 rings (SSSR count). The summed E-state index contributed by atoms with van der Waals surface area (Å²) in [5.74, 6) is -1.69. The third-order valence-corrected chi connectivity index (χ3v) is 4.69. The van der Waals surface area contributed by atoms with Crippen molar-refractivity contribution >= 4 is 5.91 Å². The van der Waals surface area contributed by atoms with Crippen molar-refractivity contribution in [2.75, 3.05) is 6.54 Å². The van der Waals surface area contributed by atoms with Gasteiger partial charge in [-0.3, -0.25) is 4.79 Å². The van der Waals surface area contributed by atoms with Crippen molar-refractivity contribution in [2.24, 2.45) is 17.6 Å². The first kappa shape index (κ1) is 17.3. The van der Waals surface area contributed by atoms with Gasteiger partial charge in [-0.15, -0.1) is 0 Å². The molecule has 0 radical (unpaired) electrons. The SMILES string of the molecule is CCC(CC)(CN)NC(=O)C1CCC(C(F)(F)F)CC1. The first-order valence-electron chi connectivity index (χ1n) is 7.36. The molecule has 1 fully saturated rings. The van der Waals surface area contributed by atoms with E-state index >= 15 is 0 Å². The number of amides is 1. The average molecular weight is 294 g/mol. The standard InChI is InChI=1S/C14H25F3N2O/c1-3-13(4-2,9-18)19-12(20)10-5-7-11(8-6-10)14(15,16)17/h10-11H,3-9,18H2,1-2H3,(H,19,20). The highest BCUT2D eigenvalue weighted by atomic mass is 19.4. The average Bonchev–Trinajstić information content (AvgIpc) is 2.44. The summed E-state index contributed by atoms with van der Waals surface area (Å²) in [4.78, 5) is 12.2. The fourth-order valence-corrected chi connectivity index (χ4v) is 2.81. The monoisotopic (exact) mass is 294 g/mol. The van der Waals surface area contributed by atoms with Crippen LogP contribution < -0.4 is 11.1 Å². The molecule has 0 saturated heterocycles. The quantitative estimate of drug-likeness (QED) is 0.819. The summed E-state index contributed by atoms with van der Waals surface area (Å²) in [6, 6.07) is 0. The number of nitrogens with one attached hydrogen (secondary N) is 1. The van der Waals surface area contributed by atoms with Gasteiger partial charge in [0.1, 0.15) is 0 Å². The van der Waals surface area contributed by atoms with Crippen molar-refractivity contribution in [2.45, 2.75) is 64.1 Å². The minimum absolute atomic E-state index is 0.0511. The van der Waals surface area contributed by atoms with Crippen molar-refractivity contribution in [3.63, 3.8) is 0 Å². The summed E-state index contributed by atoms with van der Waals surface area (Å²) in [6.07, 6.45) is -1.96. The highest BCUT2D eigenvalue weighted by Crippen LogP contribution is 2.39. The van der Waals surface area contributed by atoms with Crippen LogP contribution in [0.3, 0.4) is 0 Å². The van der Waals surface area contributed by atoms with E-state index in [0.717, 1.165) is 12.8 Å². The largest absolute Gasteiger partial charge is 0.391 e. The number of carbonyl (C=O) groups is 1. The second-order valence-electron chi connectivity index (χ2n) is 5.77. The lowest BCUT2D eigenvalue weighted by Crippen LogP contribution is -2.54. The van der Waals surface area contributed by atoms with Gasteiger partial charge in [-0.25, -0.2) is 0 Å². The van der Waals surface area contributed by atoms with Crippen LogP contribution in [0.15, 0.2) is 0 Å². The molecule has 0 atom stereocenters. The Bertz CT molecular complexity index is 311. The normalized spacial score (nSPS) is 24.5. The minimum Gasteiger partial charge on any atom is -0.349 e. The molecule has 0 heterocycles. The van der Waals surface area contributed by atoms with Gasteiger partial charge in [0.2, 0.25) is 5.91 Å². The van der Waals surface area contributed by atoms with Crippen molar-refractivity contribution < 1.29 is 18.0 Å². The molecule has 0 spiro atoms. The number of hydrogen-bond acceptors (Lipinski definition) is 2. The maximum atomic E-state index is 12.6. The molecule has 0 unspecified atom stereocenters. The van der Waals surface area contributed by atoms with Gasteiger partial charge < -0.3 is 11.1 Å².